The normalized spacial score (nSPS) is 25.6. The molecule has 1 aliphatic rings. The van der Waals surface area contributed by atoms with E-state index in [2.05, 4.69) is 0 Å². The van der Waals surface area contributed by atoms with Gasteiger partial charge in [-0.2, -0.15) is 0 Å². The van der Waals surface area contributed by atoms with Crippen LogP contribution < -0.4 is 4.74 Å². The minimum absolute atomic E-state index is 0.0786. The van der Waals surface area contributed by atoms with Gasteiger partial charge in [0.1, 0.15) is 11.9 Å². The van der Waals surface area contributed by atoms with Crippen LogP contribution in [0.1, 0.15) is 44.6 Å². The lowest BCUT2D eigenvalue weighted by atomic mass is 10.1. The van der Waals surface area contributed by atoms with E-state index < -0.39 is 0 Å². The van der Waals surface area contributed by atoms with Crippen LogP contribution in [0.25, 0.3) is 0 Å². The summed E-state index contributed by atoms with van der Waals surface area (Å²) in [5.41, 5.74) is 1.10. The van der Waals surface area contributed by atoms with Gasteiger partial charge in [0, 0.05) is 0 Å². The SMILES string of the molecule is CC(O)Cc1ccc(OC2CCCCCC2O)cc1. The molecule has 3 unspecified atom stereocenters. The number of aliphatic hydroxyl groups excluding tert-OH is 2. The summed E-state index contributed by atoms with van der Waals surface area (Å²) in [6, 6.07) is 7.81. The molecule has 1 aromatic rings. The van der Waals surface area contributed by atoms with Gasteiger partial charge >= 0.3 is 0 Å². The molecule has 1 fully saturated rings. The van der Waals surface area contributed by atoms with Crippen LogP contribution in [0, 0.1) is 0 Å². The van der Waals surface area contributed by atoms with Gasteiger partial charge < -0.3 is 14.9 Å². The fourth-order valence-electron chi connectivity index (χ4n) is 2.61. The van der Waals surface area contributed by atoms with Gasteiger partial charge in [-0.3, -0.25) is 0 Å². The highest BCUT2D eigenvalue weighted by Gasteiger charge is 2.23. The summed E-state index contributed by atoms with van der Waals surface area (Å²) in [6.07, 6.45) is 5.08. The Labute approximate surface area is 115 Å². The van der Waals surface area contributed by atoms with Crippen molar-refractivity contribution >= 4 is 0 Å². The van der Waals surface area contributed by atoms with Gasteiger partial charge in [-0.1, -0.05) is 25.0 Å². The number of benzene rings is 1. The fourth-order valence-corrected chi connectivity index (χ4v) is 2.61. The lowest BCUT2D eigenvalue weighted by molar-refractivity contribution is 0.0320. The minimum Gasteiger partial charge on any atom is -0.488 e. The zero-order valence-electron chi connectivity index (χ0n) is 11.6. The Kier molecular flexibility index (Phi) is 5.23. The maximum absolute atomic E-state index is 10.0. The first kappa shape index (κ1) is 14.4. The molecule has 3 nitrogen and oxygen atoms in total. The molecule has 0 amide bonds. The average Bonchev–Trinajstić information content (AvgIpc) is 2.57. The molecule has 19 heavy (non-hydrogen) atoms. The third kappa shape index (κ3) is 4.51. The molecule has 0 radical (unpaired) electrons. The van der Waals surface area contributed by atoms with Crippen molar-refractivity contribution in [1.29, 1.82) is 0 Å². The molecule has 3 heteroatoms. The Balaban J connectivity index is 1.94. The van der Waals surface area contributed by atoms with E-state index in [9.17, 15) is 10.2 Å². The zero-order valence-corrected chi connectivity index (χ0v) is 11.6. The first-order chi connectivity index (χ1) is 9.15. The summed E-state index contributed by atoms with van der Waals surface area (Å²) < 4.78 is 5.90. The summed E-state index contributed by atoms with van der Waals surface area (Å²) in [5.74, 6) is 0.806. The van der Waals surface area contributed by atoms with Crippen molar-refractivity contribution in [2.75, 3.05) is 0 Å². The molecule has 3 atom stereocenters. The summed E-state index contributed by atoms with van der Waals surface area (Å²) in [6.45, 7) is 1.78. The Morgan fingerprint density at radius 2 is 1.84 bits per heavy atom. The highest BCUT2D eigenvalue weighted by molar-refractivity contribution is 5.28. The van der Waals surface area contributed by atoms with Crippen molar-refractivity contribution in [3.63, 3.8) is 0 Å². The maximum atomic E-state index is 10.0. The summed E-state index contributed by atoms with van der Waals surface area (Å²) in [5, 5.41) is 19.4. The van der Waals surface area contributed by atoms with Crippen molar-refractivity contribution in [2.24, 2.45) is 0 Å². The first-order valence-corrected chi connectivity index (χ1v) is 7.27. The second-order valence-electron chi connectivity index (χ2n) is 5.56. The summed E-state index contributed by atoms with van der Waals surface area (Å²) in [4.78, 5) is 0. The monoisotopic (exact) mass is 264 g/mol. The molecule has 0 spiro atoms. The third-order valence-corrected chi connectivity index (χ3v) is 3.66. The van der Waals surface area contributed by atoms with E-state index in [1.54, 1.807) is 6.92 Å². The Hall–Kier alpha value is -1.06. The van der Waals surface area contributed by atoms with Gasteiger partial charge in [0.2, 0.25) is 0 Å². The number of hydrogen-bond acceptors (Lipinski definition) is 3. The number of hydrogen-bond donors (Lipinski definition) is 2. The van der Waals surface area contributed by atoms with Crippen molar-refractivity contribution in [2.45, 2.75) is 63.8 Å². The molecule has 1 saturated carbocycles. The predicted octanol–water partition coefficient (Wildman–Crippen LogP) is 2.68. The predicted molar refractivity (Wildman–Crippen MR) is 75.3 cm³/mol. The van der Waals surface area contributed by atoms with E-state index in [0.29, 0.717) is 6.42 Å². The Bertz CT molecular complexity index is 372. The molecule has 1 aromatic carbocycles. The van der Waals surface area contributed by atoms with Gasteiger partial charge in [-0.25, -0.2) is 0 Å². The van der Waals surface area contributed by atoms with Crippen molar-refractivity contribution in [3.05, 3.63) is 29.8 Å². The van der Waals surface area contributed by atoms with Gasteiger partial charge in [0.05, 0.1) is 12.2 Å². The van der Waals surface area contributed by atoms with Crippen LogP contribution in [0.5, 0.6) is 5.75 Å². The van der Waals surface area contributed by atoms with E-state index in [1.807, 2.05) is 24.3 Å². The Morgan fingerprint density at radius 3 is 2.53 bits per heavy atom. The molecule has 0 aliphatic heterocycles. The Morgan fingerprint density at radius 1 is 1.16 bits per heavy atom. The molecule has 0 heterocycles. The second kappa shape index (κ2) is 6.92. The van der Waals surface area contributed by atoms with Gasteiger partial charge in [0.15, 0.2) is 0 Å². The standard InChI is InChI=1S/C16H24O3/c1-12(17)11-13-7-9-14(10-8-13)19-16-6-4-2-3-5-15(16)18/h7-10,12,15-18H,2-6,11H2,1H3. The molecule has 0 bridgehead atoms. The largest absolute Gasteiger partial charge is 0.488 e. The highest BCUT2D eigenvalue weighted by Crippen LogP contribution is 2.23. The van der Waals surface area contributed by atoms with Crippen LogP contribution >= 0.6 is 0 Å². The number of rotatable bonds is 4. The van der Waals surface area contributed by atoms with Crippen molar-refractivity contribution in [3.8, 4) is 5.75 Å². The van der Waals surface area contributed by atoms with Crippen LogP contribution in [0.15, 0.2) is 24.3 Å². The average molecular weight is 264 g/mol. The zero-order chi connectivity index (χ0) is 13.7. The molecule has 0 saturated heterocycles. The molecule has 106 valence electrons. The summed E-state index contributed by atoms with van der Waals surface area (Å²) in [7, 11) is 0. The lowest BCUT2D eigenvalue weighted by Gasteiger charge is -2.22. The number of ether oxygens (including phenoxy) is 1. The third-order valence-electron chi connectivity index (χ3n) is 3.66. The van der Waals surface area contributed by atoms with E-state index in [1.165, 1.54) is 6.42 Å². The maximum Gasteiger partial charge on any atom is 0.124 e. The lowest BCUT2D eigenvalue weighted by Crippen LogP contribution is -2.30. The highest BCUT2D eigenvalue weighted by atomic mass is 16.5. The van der Waals surface area contributed by atoms with E-state index in [-0.39, 0.29) is 18.3 Å². The van der Waals surface area contributed by atoms with Crippen LogP contribution in [-0.4, -0.2) is 28.5 Å². The molecular formula is C16H24O3. The number of aliphatic hydroxyl groups is 2. The topological polar surface area (TPSA) is 49.7 Å². The van der Waals surface area contributed by atoms with Gasteiger partial charge in [0.25, 0.3) is 0 Å². The fraction of sp³-hybridized carbons (Fsp3) is 0.625. The van der Waals surface area contributed by atoms with Crippen LogP contribution in [0.2, 0.25) is 0 Å². The molecule has 2 rings (SSSR count). The van der Waals surface area contributed by atoms with Crippen LogP contribution in [-0.2, 0) is 6.42 Å². The molecule has 0 aromatic heterocycles. The molecule has 2 N–H and O–H groups in total. The van der Waals surface area contributed by atoms with Gasteiger partial charge in [-0.15, -0.1) is 0 Å². The van der Waals surface area contributed by atoms with E-state index in [4.69, 9.17) is 4.74 Å². The van der Waals surface area contributed by atoms with Gasteiger partial charge in [-0.05, 0) is 50.3 Å². The molecule has 1 aliphatic carbocycles. The molecular weight excluding hydrogens is 240 g/mol. The quantitative estimate of drug-likeness (QED) is 0.822. The second-order valence-corrected chi connectivity index (χ2v) is 5.56. The van der Waals surface area contributed by atoms with Crippen molar-refractivity contribution < 1.29 is 14.9 Å². The van der Waals surface area contributed by atoms with E-state index >= 15 is 0 Å². The minimum atomic E-state index is -0.348. The van der Waals surface area contributed by atoms with Crippen LogP contribution in [0.3, 0.4) is 0 Å². The smallest absolute Gasteiger partial charge is 0.124 e. The summed E-state index contributed by atoms with van der Waals surface area (Å²) >= 11 is 0. The van der Waals surface area contributed by atoms with E-state index in [0.717, 1.165) is 37.0 Å². The first-order valence-electron chi connectivity index (χ1n) is 7.27. The van der Waals surface area contributed by atoms with Crippen LogP contribution in [0.4, 0.5) is 0 Å². The van der Waals surface area contributed by atoms with Crippen molar-refractivity contribution in [1.82, 2.24) is 0 Å².